The van der Waals surface area contributed by atoms with Crippen LogP contribution in [0.25, 0.3) is 0 Å². The Hall–Kier alpha value is -1.70. The third kappa shape index (κ3) is 5.96. The van der Waals surface area contributed by atoms with Gasteiger partial charge in [-0.15, -0.1) is 12.3 Å². The van der Waals surface area contributed by atoms with Gasteiger partial charge in [0.2, 0.25) is 0 Å². The zero-order valence-corrected chi connectivity index (χ0v) is 12.0. The Morgan fingerprint density at radius 1 is 1.45 bits per heavy atom. The van der Waals surface area contributed by atoms with Crippen molar-refractivity contribution < 1.29 is 14.7 Å². The highest BCUT2D eigenvalue weighted by molar-refractivity contribution is 5.82. The molecule has 1 fully saturated rings. The van der Waals surface area contributed by atoms with Crippen LogP contribution in [0.4, 0.5) is 4.79 Å². The summed E-state index contributed by atoms with van der Waals surface area (Å²) in [6, 6.07) is -1.48. The van der Waals surface area contributed by atoms with Crippen molar-refractivity contribution >= 4 is 12.0 Å². The molecule has 0 radical (unpaired) electrons. The van der Waals surface area contributed by atoms with E-state index in [1.54, 1.807) is 0 Å². The molecule has 1 saturated carbocycles. The second kappa shape index (κ2) is 8.47. The van der Waals surface area contributed by atoms with E-state index in [4.69, 9.17) is 11.5 Å². The minimum Gasteiger partial charge on any atom is -0.480 e. The minimum atomic E-state index is -1.11. The van der Waals surface area contributed by atoms with Crippen LogP contribution in [-0.4, -0.2) is 29.7 Å². The van der Waals surface area contributed by atoms with E-state index >= 15 is 0 Å². The molecule has 1 rings (SSSR count). The molecule has 0 aromatic heterocycles. The molecule has 20 heavy (non-hydrogen) atoms. The number of carboxylic acid groups (broad SMARTS) is 1. The van der Waals surface area contributed by atoms with Gasteiger partial charge in [-0.2, -0.15) is 0 Å². The summed E-state index contributed by atoms with van der Waals surface area (Å²) in [5.41, 5.74) is 0. The molecule has 0 bridgehead atoms. The molecule has 0 aromatic carbocycles. The van der Waals surface area contributed by atoms with Crippen LogP contribution in [0.1, 0.15) is 45.4 Å². The predicted molar refractivity (Wildman–Crippen MR) is 77.1 cm³/mol. The van der Waals surface area contributed by atoms with Crippen molar-refractivity contribution in [2.24, 2.45) is 11.8 Å². The summed E-state index contributed by atoms with van der Waals surface area (Å²) in [6.45, 7) is 2.84. The Morgan fingerprint density at radius 3 is 2.80 bits per heavy atom. The normalized spacial score (nSPS) is 23.4. The maximum Gasteiger partial charge on any atom is 0.327 e. The Bertz CT molecular complexity index is 376. The number of carbonyl (C=O) groups is 2. The molecule has 112 valence electrons. The fourth-order valence-electron chi connectivity index (χ4n) is 2.74. The highest BCUT2D eigenvalue weighted by Crippen LogP contribution is 2.30. The summed E-state index contributed by atoms with van der Waals surface area (Å²) < 4.78 is 0. The third-order valence-corrected chi connectivity index (χ3v) is 3.81. The van der Waals surface area contributed by atoms with E-state index in [2.05, 4.69) is 23.5 Å². The van der Waals surface area contributed by atoms with Crippen molar-refractivity contribution in [1.82, 2.24) is 10.6 Å². The fourth-order valence-corrected chi connectivity index (χ4v) is 2.74. The molecule has 0 spiro atoms. The summed E-state index contributed by atoms with van der Waals surface area (Å²) in [5, 5.41) is 14.0. The van der Waals surface area contributed by atoms with E-state index < -0.39 is 18.0 Å². The van der Waals surface area contributed by atoms with Crippen LogP contribution in [0.2, 0.25) is 0 Å². The summed E-state index contributed by atoms with van der Waals surface area (Å²) in [6.07, 6.45) is 11.0. The van der Waals surface area contributed by atoms with Crippen LogP contribution in [0.5, 0.6) is 0 Å². The highest BCUT2D eigenvalue weighted by Gasteiger charge is 2.20. The number of rotatable bonds is 6. The largest absolute Gasteiger partial charge is 0.480 e. The monoisotopic (exact) mass is 280 g/mol. The molecule has 0 heterocycles. The Labute approximate surface area is 120 Å². The first-order valence-electron chi connectivity index (χ1n) is 7.23. The van der Waals surface area contributed by atoms with Gasteiger partial charge in [-0.3, -0.25) is 0 Å². The maximum absolute atomic E-state index is 11.6. The van der Waals surface area contributed by atoms with Gasteiger partial charge >= 0.3 is 12.0 Å². The van der Waals surface area contributed by atoms with Crippen molar-refractivity contribution in [3.63, 3.8) is 0 Å². The average molecular weight is 280 g/mol. The van der Waals surface area contributed by atoms with E-state index in [0.717, 1.165) is 12.3 Å². The maximum atomic E-state index is 11.6. The Kier molecular flexibility index (Phi) is 6.92. The first-order valence-corrected chi connectivity index (χ1v) is 7.23. The third-order valence-electron chi connectivity index (χ3n) is 3.81. The fraction of sp³-hybridized carbons (Fsp3) is 0.733. The lowest BCUT2D eigenvalue weighted by atomic mass is 9.81. The lowest BCUT2D eigenvalue weighted by Crippen LogP contribution is -2.46. The molecule has 0 aliphatic heterocycles. The molecule has 0 saturated heterocycles. The standard InChI is InChI=1S/C15H24N2O3/c1-3-5-13(14(18)19)17-15(20)16-9-8-12-7-4-6-11(2)10-12/h1,11-13H,4-10H2,2H3,(H,18,19)(H2,16,17,20). The van der Waals surface area contributed by atoms with Gasteiger partial charge < -0.3 is 15.7 Å². The molecule has 5 heteroatoms. The van der Waals surface area contributed by atoms with Crippen LogP contribution < -0.4 is 10.6 Å². The van der Waals surface area contributed by atoms with Gasteiger partial charge in [0, 0.05) is 13.0 Å². The summed E-state index contributed by atoms with van der Waals surface area (Å²) in [7, 11) is 0. The van der Waals surface area contributed by atoms with E-state index in [9.17, 15) is 9.59 Å². The molecule has 1 aliphatic carbocycles. The quantitative estimate of drug-likeness (QED) is 0.651. The zero-order chi connectivity index (χ0) is 15.0. The molecule has 5 nitrogen and oxygen atoms in total. The minimum absolute atomic E-state index is 0.0110. The molecule has 3 atom stereocenters. The molecule has 1 aliphatic rings. The Balaban J connectivity index is 2.22. The summed E-state index contributed by atoms with van der Waals surface area (Å²) in [5.74, 6) is 2.57. The Morgan fingerprint density at radius 2 is 2.20 bits per heavy atom. The summed E-state index contributed by atoms with van der Waals surface area (Å²) >= 11 is 0. The lowest BCUT2D eigenvalue weighted by Gasteiger charge is -2.26. The van der Waals surface area contributed by atoms with Gasteiger partial charge in [-0.25, -0.2) is 9.59 Å². The highest BCUT2D eigenvalue weighted by atomic mass is 16.4. The smallest absolute Gasteiger partial charge is 0.327 e. The summed E-state index contributed by atoms with van der Waals surface area (Å²) in [4.78, 5) is 22.4. The number of hydrogen-bond donors (Lipinski definition) is 3. The van der Waals surface area contributed by atoms with Gasteiger partial charge in [-0.1, -0.05) is 26.2 Å². The number of aliphatic carboxylic acids is 1. The van der Waals surface area contributed by atoms with Gasteiger partial charge in [0.15, 0.2) is 0 Å². The lowest BCUT2D eigenvalue weighted by molar-refractivity contribution is -0.139. The van der Waals surface area contributed by atoms with Gasteiger partial charge in [0.05, 0.1) is 0 Å². The molecule has 2 amide bonds. The number of urea groups is 1. The molecular weight excluding hydrogens is 256 g/mol. The predicted octanol–water partition coefficient (Wildman–Crippen LogP) is 1.98. The van der Waals surface area contributed by atoms with E-state index in [-0.39, 0.29) is 6.42 Å². The molecule has 0 aromatic rings. The topological polar surface area (TPSA) is 78.4 Å². The van der Waals surface area contributed by atoms with Crippen LogP contribution in [0, 0.1) is 24.2 Å². The van der Waals surface area contributed by atoms with E-state index in [1.807, 2.05) is 0 Å². The number of nitrogens with one attached hydrogen (secondary N) is 2. The number of terminal acetylenes is 1. The molecular formula is C15H24N2O3. The van der Waals surface area contributed by atoms with Crippen molar-refractivity contribution in [3.8, 4) is 12.3 Å². The van der Waals surface area contributed by atoms with Gasteiger partial charge in [0.1, 0.15) is 6.04 Å². The first-order chi connectivity index (χ1) is 9.52. The first kappa shape index (κ1) is 16.4. The number of hydrogen-bond acceptors (Lipinski definition) is 2. The van der Waals surface area contributed by atoms with Gasteiger partial charge in [-0.05, 0) is 24.7 Å². The second-order valence-corrected chi connectivity index (χ2v) is 5.63. The van der Waals surface area contributed by atoms with E-state index in [0.29, 0.717) is 12.5 Å². The molecule has 3 N–H and O–H groups in total. The number of carbonyl (C=O) groups excluding carboxylic acids is 1. The van der Waals surface area contributed by atoms with Crippen LogP contribution in [0.15, 0.2) is 0 Å². The van der Waals surface area contributed by atoms with E-state index in [1.165, 1.54) is 25.7 Å². The van der Waals surface area contributed by atoms with Crippen molar-refractivity contribution in [3.05, 3.63) is 0 Å². The van der Waals surface area contributed by atoms with Crippen LogP contribution >= 0.6 is 0 Å². The van der Waals surface area contributed by atoms with Crippen molar-refractivity contribution in [1.29, 1.82) is 0 Å². The number of carboxylic acids is 1. The zero-order valence-electron chi connectivity index (χ0n) is 12.0. The van der Waals surface area contributed by atoms with Crippen molar-refractivity contribution in [2.75, 3.05) is 6.54 Å². The van der Waals surface area contributed by atoms with Crippen LogP contribution in [0.3, 0.4) is 0 Å². The average Bonchev–Trinajstić information content (AvgIpc) is 2.38. The number of amides is 2. The second-order valence-electron chi connectivity index (χ2n) is 5.63. The molecule has 3 unspecified atom stereocenters. The SMILES string of the molecule is C#CCC(NC(=O)NCCC1CCCC(C)C1)C(=O)O. The van der Waals surface area contributed by atoms with Crippen molar-refractivity contribution in [2.45, 2.75) is 51.5 Å². The van der Waals surface area contributed by atoms with Crippen LogP contribution in [-0.2, 0) is 4.79 Å². The van der Waals surface area contributed by atoms with Gasteiger partial charge in [0.25, 0.3) is 0 Å².